The van der Waals surface area contributed by atoms with E-state index in [4.69, 9.17) is 10.5 Å². The maximum Gasteiger partial charge on any atom is 0.293 e. The molecule has 0 aromatic carbocycles. The van der Waals surface area contributed by atoms with Gasteiger partial charge in [0.05, 0.1) is 5.41 Å². The summed E-state index contributed by atoms with van der Waals surface area (Å²) in [6, 6.07) is 0. The van der Waals surface area contributed by atoms with Gasteiger partial charge in [-0.1, -0.05) is 0 Å². The first-order valence-electron chi connectivity index (χ1n) is 4.58. The van der Waals surface area contributed by atoms with E-state index >= 15 is 0 Å². The second kappa shape index (κ2) is 2.72. The van der Waals surface area contributed by atoms with Crippen molar-refractivity contribution < 1.29 is 14.3 Å². The zero-order valence-electron chi connectivity index (χ0n) is 7.36. The van der Waals surface area contributed by atoms with E-state index < -0.39 is 5.41 Å². The Hall–Kier alpha value is -1.06. The number of hydrogen-bond acceptors (Lipinski definition) is 3. The average molecular weight is 183 g/mol. The Morgan fingerprint density at radius 3 is 2.92 bits per heavy atom. The molecule has 1 amide bonds. The van der Waals surface area contributed by atoms with E-state index in [9.17, 15) is 9.59 Å². The molecule has 2 saturated carbocycles. The van der Waals surface area contributed by atoms with E-state index in [1.54, 1.807) is 0 Å². The molecule has 0 spiro atoms. The zero-order valence-corrected chi connectivity index (χ0v) is 7.36. The molecule has 2 N–H and O–H groups in total. The van der Waals surface area contributed by atoms with Crippen LogP contribution in [0.3, 0.4) is 0 Å². The zero-order chi connectivity index (χ0) is 9.47. The van der Waals surface area contributed by atoms with Crippen molar-refractivity contribution in [3.8, 4) is 0 Å². The summed E-state index contributed by atoms with van der Waals surface area (Å²) in [4.78, 5) is 21.5. The van der Waals surface area contributed by atoms with Crippen LogP contribution >= 0.6 is 0 Å². The van der Waals surface area contributed by atoms with Crippen LogP contribution in [0.25, 0.3) is 0 Å². The molecule has 0 heterocycles. The van der Waals surface area contributed by atoms with Crippen molar-refractivity contribution in [1.29, 1.82) is 0 Å². The number of nitrogens with two attached hydrogens (primary N) is 1. The minimum atomic E-state index is -0.536. The summed E-state index contributed by atoms with van der Waals surface area (Å²) in [7, 11) is 0. The van der Waals surface area contributed by atoms with Crippen LogP contribution in [0.15, 0.2) is 0 Å². The Labute approximate surface area is 76.4 Å². The molecule has 4 heteroatoms. The van der Waals surface area contributed by atoms with Crippen LogP contribution in [-0.4, -0.2) is 18.5 Å². The summed E-state index contributed by atoms with van der Waals surface area (Å²) in [5, 5.41) is 0. The van der Waals surface area contributed by atoms with Gasteiger partial charge >= 0.3 is 0 Å². The predicted molar refractivity (Wildman–Crippen MR) is 44.5 cm³/mol. The van der Waals surface area contributed by atoms with Crippen LogP contribution in [-0.2, 0) is 14.3 Å². The van der Waals surface area contributed by atoms with Crippen LogP contribution in [0.2, 0.25) is 0 Å². The molecule has 13 heavy (non-hydrogen) atoms. The van der Waals surface area contributed by atoms with Crippen molar-refractivity contribution in [1.82, 2.24) is 0 Å². The summed E-state index contributed by atoms with van der Waals surface area (Å²) >= 11 is 0. The Balaban J connectivity index is 2.22. The number of rotatable bonds is 3. The molecule has 2 aliphatic carbocycles. The fourth-order valence-electron chi connectivity index (χ4n) is 2.84. The maximum absolute atomic E-state index is 11.3. The minimum absolute atomic E-state index is 0.263. The fraction of sp³-hybridized carbons (Fsp3) is 0.778. The first-order valence-corrected chi connectivity index (χ1v) is 4.58. The van der Waals surface area contributed by atoms with Gasteiger partial charge in [-0.3, -0.25) is 9.59 Å². The van der Waals surface area contributed by atoms with E-state index in [-0.39, 0.29) is 12.0 Å². The summed E-state index contributed by atoms with van der Waals surface area (Å²) in [6.45, 7) is 0.427. The molecule has 0 aliphatic heterocycles. The van der Waals surface area contributed by atoms with Crippen molar-refractivity contribution in [2.75, 3.05) is 0 Å². The molecule has 2 aliphatic rings. The van der Waals surface area contributed by atoms with E-state index in [0.29, 0.717) is 12.4 Å². The highest BCUT2D eigenvalue weighted by Gasteiger charge is 2.57. The molecule has 2 rings (SSSR count). The van der Waals surface area contributed by atoms with Gasteiger partial charge in [0, 0.05) is 0 Å². The smallest absolute Gasteiger partial charge is 0.293 e. The molecule has 72 valence electrons. The van der Waals surface area contributed by atoms with Crippen LogP contribution < -0.4 is 5.73 Å². The second-order valence-electron chi connectivity index (χ2n) is 4.09. The molecule has 0 aromatic heterocycles. The summed E-state index contributed by atoms with van der Waals surface area (Å²) < 4.78 is 4.92. The molecule has 0 aromatic rings. The minimum Gasteiger partial charge on any atom is -0.463 e. The quantitative estimate of drug-likeness (QED) is 0.635. The average Bonchev–Trinajstić information content (AvgIpc) is 2.62. The lowest BCUT2D eigenvalue weighted by molar-refractivity contribution is -0.146. The van der Waals surface area contributed by atoms with Crippen molar-refractivity contribution in [3.63, 3.8) is 0 Å². The number of primary amides is 1. The Morgan fingerprint density at radius 2 is 2.38 bits per heavy atom. The van der Waals surface area contributed by atoms with Crippen LogP contribution in [0.5, 0.6) is 0 Å². The number of amides is 1. The lowest BCUT2D eigenvalue weighted by Gasteiger charge is -2.30. The Morgan fingerprint density at radius 1 is 1.62 bits per heavy atom. The van der Waals surface area contributed by atoms with Gasteiger partial charge in [0.15, 0.2) is 0 Å². The van der Waals surface area contributed by atoms with E-state index in [0.717, 1.165) is 25.7 Å². The van der Waals surface area contributed by atoms with Gasteiger partial charge in [-0.05, 0) is 31.6 Å². The summed E-state index contributed by atoms with van der Waals surface area (Å²) in [5.74, 6) is 0.219. The molecule has 2 bridgehead atoms. The van der Waals surface area contributed by atoms with Gasteiger partial charge < -0.3 is 10.5 Å². The molecular weight excluding hydrogens is 170 g/mol. The lowest BCUT2D eigenvalue weighted by Crippen LogP contribution is -2.43. The van der Waals surface area contributed by atoms with E-state index in [2.05, 4.69) is 0 Å². The molecule has 4 nitrogen and oxygen atoms in total. The van der Waals surface area contributed by atoms with Crippen LogP contribution in [0.4, 0.5) is 0 Å². The molecular formula is C9H13NO3. The number of fused-ring (bicyclic) bond motifs is 2. The highest BCUT2D eigenvalue weighted by Crippen LogP contribution is 2.54. The fourth-order valence-corrected chi connectivity index (χ4v) is 2.84. The lowest BCUT2D eigenvalue weighted by atomic mass is 9.81. The van der Waals surface area contributed by atoms with E-state index in [1.165, 1.54) is 0 Å². The molecule has 2 fully saturated rings. The molecule has 0 saturated heterocycles. The second-order valence-corrected chi connectivity index (χ2v) is 4.09. The number of carbonyl (C=O) groups is 2. The third kappa shape index (κ3) is 1.04. The highest BCUT2D eigenvalue weighted by molar-refractivity contribution is 5.82. The predicted octanol–water partition coefficient (Wildman–Crippen LogP) is 0.203. The first kappa shape index (κ1) is 8.53. The van der Waals surface area contributed by atoms with Gasteiger partial charge in [-0.2, -0.15) is 0 Å². The van der Waals surface area contributed by atoms with Gasteiger partial charge in [0.1, 0.15) is 6.10 Å². The first-order chi connectivity index (χ1) is 6.19. The van der Waals surface area contributed by atoms with Crippen molar-refractivity contribution in [2.45, 2.75) is 31.8 Å². The highest BCUT2D eigenvalue weighted by atomic mass is 16.5. The molecule has 0 radical (unpaired) electrons. The number of carbonyl (C=O) groups excluding carboxylic acids is 2. The van der Waals surface area contributed by atoms with Gasteiger partial charge in [-0.15, -0.1) is 0 Å². The van der Waals surface area contributed by atoms with Crippen LogP contribution in [0.1, 0.15) is 25.7 Å². The van der Waals surface area contributed by atoms with Crippen molar-refractivity contribution in [3.05, 3.63) is 0 Å². The van der Waals surface area contributed by atoms with Gasteiger partial charge in [-0.25, -0.2) is 0 Å². The normalized spacial score (nSPS) is 41.8. The maximum atomic E-state index is 11.3. The number of hydrogen-bond donors (Lipinski definition) is 1. The Bertz CT molecular complexity index is 253. The van der Waals surface area contributed by atoms with Crippen molar-refractivity contribution in [2.24, 2.45) is 17.1 Å². The summed E-state index contributed by atoms with van der Waals surface area (Å²) in [5.41, 5.74) is 4.82. The van der Waals surface area contributed by atoms with Gasteiger partial charge in [0.2, 0.25) is 5.91 Å². The topological polar surface area (TPSA) is 69.4 Å². The largest absolute Gasteiger partial charge is 0.463 e. The third-order valence-corrected chi connectivity index (χ3v) is 3.53. The molecule has 3 atom stereocenters. The van der Waals surface area contributed by atoms with Crippen LogP contribution in [0, 0.1) is 11.3 Å². The van der Waals surface area contributed by atoms with Crippen molar-refractivity contribution >= 4 is 12.4 Å². The number of ether oxygens (including phenoxy) is 1. The van der Waals surface area contributed by atoms with E-state index in [1.807, 2.05) is 0 Å². The Kier molecular flexibility index (Phi) is 1.78. The standard InChI is InChI=1S/C9H13NO3/c10-8(12)9-2-1-6(4-9)3-7(9)13-5-11/h5-7H,1-4H2,(H2,10,12). The monoisotopic (exact) mass is 183 g/mol. The summed E-state index contributed by atoms with van der Waals surface area (Å²) in [6.07, 6.45) is 3.18. The SMILES string of the molecule is NC(=O)C12CCC(CC1OC=O)C2. The third-order valence-electron chi connectivity index (χ3n) is 3.53. The molecule has 3 unspecified atom stereocenters. The van der Waals surface area contributed by atoms with Gasteiger partial charge in [0.25, 0.3) is 6.47 Å².